The van der Waals surface area contributed by atoms with E-state index in [4.69, 9.17) is 4.74 Å². The quantitative estimate of drug-likeness (QED) is 0.614. The Balaban J connectivity index is 1.94. The number of nitrogens with one attached hydrogen (secondary N) is 1. The first-order chi connectivity index (χ1) is 10.7. The lowest BCUT2D eigenvalue weighted by Crippen LogP contribution is -2.40. The first kappa shape index (κ1) is 16.5. The molecule has 0 aliphatic carbocycles. The molecule has 2 heterocycles. The number of ether oxygens (including phenoxy) is 1. The molecule has 6 nitrogen and oxygen atoms in total. The number of pyridine rings is 1. The second-order valence-electron chi connectivity index (χ2n) is 5.41. The fourth-order valence-corrected chi connectivity index (χ4v) is 2.32. The number of rotatable bonds is 6. The topological polar surface area (TPSA) is 70.0 Å². The lowest BCUT2D eigenvalue weighted by atomic mass is 10.3. The van der Waals surface area contributed by atoms with Gasteiger partial charge in [-0.15, -0.1) is 0 Å². The molecule has 0 unspecified atom stereocenters. The van der Waals surface area contributed by atoms with E-state index in [1.807, 2.05) is 19.1 Å². The predicted octanol–water partition coefficient (Wildman–Crippen LogP) is 1.40. The molecule has 0 saturated carbocycles. The Labute approximate surface area is 132 Å². The molecule has 6 heteroatoms. The van der Waals surface area contributed by atoms with Crippen molar-refractivity contribution in [3.05, 3.63) is 23.9 Å². The van der Waals surface area contributed by atoms with Crippen molar-refractivity contribution in [3.8, 4) is 5.88 Å². The van der Waals surface area contributed by atoms with Crippen LogP contribution < -0.4 is 10.1 Å². The van der Waals surface area contributed by atoms with Crippen molar-refractivity contribution in [2.75, 3.05) is 26.2 Å². The molecule has 0 spiro atoms. The van der Waals surface area contributed by atoms with Crippen molar-refractivity contribution in [1.82, 2.24) is 15.2 Å². The number of aliphatic hydroxyl groups is 1. The summed E-state index contributed by atoms with van der Waals surface area (Å²) >= 11 is 0. The number of guanidine groups is 1. The van der Waals surface area contributed by atoms with Gasteiger partial charge in [-0.05, 0) is 25.3 Å². The highest BCUT2D eigenvalue weighted by molar-refractivity contribution is 5.80. The van der Waals surface area contributed by atoms with E-state index in [2.05, 4.69) is 27.1 Å². The average Bonchev–Trinajstić information content (AvgIpc) is 2.97. The number of β-amino-alcohol motifs (C(OH)–C–C–N with tert-alkyl or cyclic N) is 1. The van der Waals surface area contributed by atoms with Crippen LogP contribution in [0, 0.1) is 0 Å². The molecule has 1 saturated heterocycles. The molecule has 2 rings (SSSR count). The highest BCUT2D eigenvalue weighted by Gasteiger charge is 2.22. The number of aliphatic imine (C=N–C) groups is 1. The molecule has 2 N–H and O–H groups in total. The van der Waals surface area contributed by atoms with Crippen LogP contribution in [0.2, 0.25) is 0 Å². The Bertz CT molecular complexity index is 476. The SMILES string of the molecule is CCCOc1ccc(CN=C(NCC)N2CC[C@@H](O)C2)cn1. The van der Waals surface area contributed by atoms with Crippen molar-refractivity contribution in [2.24, 2.45) is 4.99 Å². The van der Waals surface area contributed by atoms with E-state index < -0.39 is 0 Å². The molecule has 0 radical (unpaired) electrons. The maximum Gasteiger partial charge on any atom is 0.213 e. The fraction of sp³-hybridized carbons (Fsp3) is 0.625. The van der Waals surface area contributed by atoms with Crippen LogP contribution in [0.25, 0.3) is 0 Å². The second-order valence-corrected chi connectivity index (χ2v) is 5.41. The van der Waals surface area contributed by atoms with Gasteiger partial charge in [-0.2, -0.15) is 0 Å². The lowest BCUT2D eigenvalue weighted by molar-refractivity contribution is 0.188. The molecule has 0 bridgehead atoms. The first-order valence-electron chi connectivity index (χ1n) is 8.02. The molecule has 22 heavy (non-hydrogen) atoms. The van der Waals surface area contributed by atoms with Gasteiger partial charge in [-0.3, -0.25) is 0 Å². The van der Waals surface area contributed by atoms with Gasteiger partial charge in [0.1, 0.15) is 0 Å². The molecule has 1 fully saturated rings. The third kappa shape index (κ3) is 4.87. The molecule has 1 aliphatic rings. The highest BCUT2D eigenvalue weighted by Crippen LogP contribution is 2.11. The number of nitrogens with zero attached hydrogens (tertiary/aromatic N) is 3. The molecule has 0 aromatic carbocycles. The minimum Gasteiger partial charge on any atom is -0.478 e. The van der Waals surface area contributed by atoms with Crippen LogP contribution in [-0.2, 0) is 6.54 Å². The number of aliphatic hydroxyl groups excluding tert-OH is 1. The Morgan fingerprint density at radius 1 is 1.50 bits per heavy atom. The summed E-state index contributed by atoms with van der Waals surface area (Å²) in [5.41, 5.74) is 1.04. The summed E-state index contributed by atoms with van der Waals surface area (Å²) in [7, 11) is 0. The van der Waals surface area contributed by atoms with Crippen LogP contribution in [0.5, 0.6) is 5.88 Å². The predicted molar refractivity (Wildman–Crippen MR) is 87.0 cm³/mol. The number of likely N-dealkylation sites (tertiary alicyclic amines) is 1. The molecule has 1 aliphatic heterocycles. The third-order valence-electron chi connectivity index (χ3n) is 3.46. The summed E-state index contributed by atoms with van der Waals surface area (Å²) < 4.78 is 5.47. The van der Waals surface area contributed by atoms with E-state index in [-0.39, 0.29) is 6.10 Å². The summed E-state index contributed by atoms with van der Waals surface area (Å²) in [6.45, 7) is 7.67. The van der Waals surface area contributed by atoms with Gasteiger partial charge in [0.2, 0.25) is 5.88 Å². The number of hydrogen-bond acceptors (Lipinski definition) is 4. The van der Waals surface area contributed by atoms with Crippen LogP contribution in [0.1, 0.15) is 32.3 Å². The van der Waals surface area contributed by atoms with Crippen LogP contribution in [0.3, 0.4) is 0 Å². The fourth-order valence-electron chi connectivity index (χ4n) is 2.32. The largest absolute Gasteiger partial charge is 0.478 e. The van der Waals surface area contributed by atoms with E-state index in [1.165, 1.54) is 0 Å². The zero-order chi connectivity index (χ0) is 15.8. The Hall–Kier alpha value is -1.82. The zero-order valence-electron chi connectivity index (χ0n) is 13.5. The molecule has 122 valence electrons. The van der Waals surface area contributed by atoms with Crippen molar-refractivity contribution >= 4 is 5.96 Å². The van der Waals surface area contributed by atoms with E-state index in [9.17, 15) is 5.11 Å². The van der Waals surface area contributed by atoms with Crippen molar-refractivity contribution in [2.45, 2.75) is 39.3 Å². The molecular formula is C16H26N4O2. The van der Waals surface area contributed by atoms with Crippen LogP contribution in [-0.4, -0.2) is 53.3 Å². The van der Waals surface area contributed by atoms with E-state index in [0.29, 0.717) is 25.6 Å². The maximum absolute atomic E-state index is 9.65. The van der Waals surface area contributed by atoms with Gasteiger partial charge < -0.3 is 20.1 Å². The molecule has 1 atom stereocenters. The highest BCUT2D eigenvalue weighted by atomic mass is 16.5. The normalized spacial score (nSPS) is 18.6. The van der Waals surface area contributed by atoms with Gasteiger partial charge in [0, 0.05) is 31.9 Å². The minimum absolute atomic E-state index is 0.250. The van der Waals surface area contributed by atoms with Crippen molar-refractivity contribution in [1.29, 1.82) is 0 Å². The third-order valence-corrected chi connectivity index (χ3v) is 3.46. The van der Waals surface area contributed by atoms with Gasteiger partial charge in [0.05, 0.1) is 19.3 Å². The van der Waals surface area contributed by atoms with Crippen molar-refractivity contribution in [3.63, 3.8) is 0 Å². The Morgan fingerprint density at radius 3 is 2.95 bits per heavy atom. The van der Waals surface area contributed by atoms with Gasteiger partial charge in [0.15, 0.2) is 5.96 Å². The Morgan fingerprint density at radius 2 is 2.36 bits per heavy atom. The van der Waals surface area contributed by atoms with Crippen molar-refractivity contribution < 1.29 is 9.84 Å². The minimum atomic E-state index is -0.250. The smallest absolute Gasteiger partial charge is 0.213 e. The molecule has 1 aromatic rings. The monoisotopic (exact) mass is 306 g/mol. The van der Waals surface area contributed by atoms with Gasteiger partial charge >= 0.3 is 0 Å². The molecule has 0 amide bonds. The number of aromatic nitrogens is 1. The van der Waals surface area contributed by atoms with Crippen LogP contribution in [0.4, 0.5) is 0 Å². The van der Waals surface area contributed by atoms with E-state index in [1.54, 1.807) is 6.20 Å². The zero-order valence-corrected chi connectivity index (χ0v) is 13.5. The summed E-state index contributed by atoms with van der Waals surface area (Å²) in [5.74, 6) is 1.51. The van der Waals surface area contributed by atoms with Gasteiger partial charge in [0.25, 0.3) is 0 Å². The number of hydrogen-bond donors (Lipinski definition) is 2. The van der Waals surface area contributed by atoms with Crippen LogP contribution in [0.15, 0.2) is 23.3 Å². The standard InChI is InChI=1S/C16H26N4O2/c1-3-9-22-15-6-5-13(10-18-15)11-19-16(17-4-2)20-8-7-14(21)12-20/h5-6,10,14,21H,3-4,7-9,11-12H2,1-2H3,(H,17,19)/t14-/m1/s1. The summed E-state index contributed by atoms with van der Waals surface area (Å²) in [5, 5.41) is 12.9. The second kappa shape index (κ2) is 8.58. The van der Waals surface area contributed by atoms with Gasteiger partial charge in [-0.25, -0.2) is 9.98 Å². The first-order valence-corrected chi connectivity index (χ1v) is 8.02. The summed E-state index contributed by atoms with van der Waals surface area (Å²) in [6.07, 6.45) is 3.33. The summed E-state index contributed by atoms with van der Waals surface area (Å²) in [6, 6.07) is 3.87. The van der Waals surface area contributed by atoms with Crippen LogP contribution >= 0.6 is 0 Å². The lowest BCUT2D eigenvalue weighted by Gasteiger charge is -2.20. The molecule has 1 aromatic heterocycles. The maximum atomic E-state index is 9.65. The Kier molecular flexibility index (Phi) is 6.45. The molecular weight excluding hydrogens is 280 g/mol. The van der Waals surface area contributed by atoms with E-state index >= 15 is 0 Å². The van der Waals surface area contributed by atoms with Gasteiger partial charge in [-0.1, -0.05) is 13.0 Å². The average molecular weight is 306 g/mol. The summed E-state index contributed by atoms with van der Waals surface area (Å²) in [4.78, 5) is 11.0. The van der Waals surface area contributed by atoms with E-state index in [0.717, 1.165) is 37.5 Å².